The van der Waals surface area contributed by atoms with E-state index in [1.165, 1.54) is 38.5 Å². The van der Waals surface area contributed by atoms with Crippen molar-refractivity contribution >= 4 is 10.4 Å². The Hall–Kier alpha value is 0.870. The molecule has 0 saturated carbocycles. The van der Waals surface area contributed by atoms with E-state index in [1.54, 1.807) is 0 Å². The molecule has 0 aromatic heterocycles. The molecule has 0 bridgehead atoms. The summed E-state index contributed by atoms with van der Waals surface area (Å²) in [6.07, 6.45) is 10.4. The minimum atomic E-state index is -4.50. The van der Waals surface area contributed by atoms with Crippen molar-refractivity contribution < 1.29 is 46.7 Å². The summed E-state index contributed by atoms with van der Waals surface area (Å²) >= 11 is 0. The first kappa shape index (κ1) is 22.2. The van der Waals surface area contributed by atoms with Crippen LogP contribution in [0.2, 0.25) is 0 Å². The van der Waals surface area contributed by atoms with E-state index in [0.717, 1.165) is 18.8 Å². The Balaban J connectivity index is 0. The molecular weight excluding hydrogens is 275 g/mol. The molecule has 0 heterocycles. The van der Waals surface area contributed by atoms with Crippen LogP contribution in [0.1, 0.15) is 71.6 Å². The SMILES string of the molecule is CCCCCCC(C)CCCCCOS(=O)(=O)[O-].[Na+]. The predicted molar refractivity (Wildman–Crippen MR) is 72.0 cm³/mol. The second-order valence-electron chi connectivity index (χ2n) is 5.03. The fourth-order valence-electron chi connectivity index (χ4n) is 2.00. The Morgan fingerprint density at radius 1 is 1.00 bits per heavy atom. The minimum Gasteiger partial charge on any atom is -0.726 e. The van der Waals surface area contributed by atoms with Crippen LogP contribution in [0.3, 0.4) is 0 Å². The van der Waals surface area contributed by atoms with E-state index in [9.17, 15) is 13.0 Å². The predicted octanol–water partition coefficient (Wildman–Crippen LogP) is 0.634. The Bertz CT molecular complexity index is 280. The van der Waals surface area contributed by atoms with Gasteiger partial charge in [-0.25, -0.2) is 8.42 Å². The standard InChI is InChI=1S/C13H28O4S.Na/c1-3-4-5-7-10-13(2)11-8-6-9-12-17-18(14,15)16;/h13H,3-12H2,1-2H3,(H,14,15,16);/q;+1/p-1. The largest absolute Gasteiger partial charge is 1.00 e. The number of hydrogen-bond donors (Lipinski definition) is 0. The van der Waals surface area contributed by atoms with Gasteiger partial charge in [-0.15, -0.1) is 0 Å². The van der Waals surface area contributed by atoms with Gasteiger partial charge in [-0.3, -0.25) is 4.18 Å². The van der Waals surface area contributed by atoms with Crippen LogP contribution in [0, 0.1) is 5.92 Å². The van der Waals surface area contributed by atoms with E-state index in [2.05, 4.69) is 18.0 Å². The number of rotatable bonds is 12. The summed E-state index contributed by atoms with van der Waals surface area (Å²) in [5.41, 5.74) is 0. The number of hydrogen-bond acceptors (Lipinski definition) is 4. The molecule has 0 amide bonds. The Morgan fingerprint density at radius 3 is 2.00 bits per heavy atom. The fraction of sp³-hybridized carbons (Fsp3) is 1.00. The minimum absolute atomic E-state index is 0. The number of unbranched alkanes of at least 4 members (excludes halogenated alkanes) is 5. The summed E-state index contributed by atoms with van der Waals surface area (Å²) in [5.74, 6) is 0.742. The van der Waals surface area contributed by atoms with E-state index < -0.39 is 10.4 Å². The molecule has 1 atom stereocenters. The smallest absolute Gasteiger partial charge is 0.726 e. The zero-order valence-corrected chi connectivity index (χ0v) is 15.5. The van der Waals surface area contributed by atoms with Gasteiger partial charge < -0.3 is 4.55 Å². The molecule has 0 aliphatic carbocycles. The second-order valence-corrected chi connectivity index (χ2v) is 6.09. The third kappa shape index (κ3) is 18.9. The van der Waals surface area contributed by atoms with E-state index in [4.69, 9.17) is 0 Å². The van der Waals surface area contributed by atoms with Crippen LogP contribution in [0.4, 0.5) is 0 Å². The monoisotopic (exact) mass is 302 g/mol. The van der Waals surface area contributed by atoms with Gasteiger partial charge in [0.2, 0.25) is 10.4 Å². The molecule has 0 aliphatic rings. The van der Waals surface area contributed by atoms with Crippen LogP contribution in [0.5, 0.6) is 0 Å². The van der Waals surface area contributed by atoms with Gasteiger partial charge in [0.25, 0.3) is 0 Å². The third-order valence-electron chi connectivity index (χ3n) is 3.12. The first-order valence-corrected chi connectivity index (χ1v) is 8.39. The molecule has 0 N–H and O–H groups in total. The van der Waals surface area contributed by atoms with Gasteiger partial charge in [-0.05, 0) is 12.3 Å². The van der Waals surface area contributed by atoms with Crippen LogP contribution in [-0.2, 0) is 14.6 Å². The molecule has 110 valence electrons. The van der Waals surface area contributed by atoms with Crippen molar-refractivity contribution in [3.63, 3.8) is 0 Å². The summed E-state index contributed by atoms with van der Waals surface area (Å²) in [7, 11) is -4.50. The van der Waals surface area contributed by atoms with Crippen molar-refractivity contribution in [1.82, 2.24) is 0 Å². The molecule has 0 radical (unpaired) electrons. The quantitative estimate of drug-likeness (QED) is 0.230. The summed E-state index contributed by atoms with van der Waals surface area (Å²) in [6, 6.07) is 0. The molecule has 0 rings (SSSR count). The molecule has 0 spiro atoms. The molecule has 4 nitrogen and oxygen atoms in total. The van der Waals surface area contributed by atoms with E-state index in [1.807, 2.05) is 0 Å². The van der Waals surface area contributed by atoms with Gasteiger partial charge in [-0.2, -0.15) is 0 Å². The normalized spacial score (nSPS) is 13.0. The first-order chi connectivity index (χ1) is 8.45. The zero-order valence-electron chi connectivity index (χ0n) is 12.7. The summed E-state index contributed by atoms with van der Waals surface area (Å²) in [6.45, 7) is 4.51. The van der Waals surface area contributed by atoms with E-state index >= 15 is 0 Å². The zero-order chi connectivity index (χ0) is 13.9. The fourth-order valence-corrected chi connectivity index (χ4v) is 2.32. The molecule has 0 aromatic carbocycles. The molecule has 1 unspecified atom stereocenters. The average Bonchev–Trinajstić information content (AvgIpc) is 2.28. The van der Waals surface area contributed by atoms with Crippen LogP contribution in [0.25, 0.3) is 0 Å². The third-order valence-corrected chi connectivity index (χ3v) is 3.57. The maximum atomic E-state index is 10.2. The Morgan fingerprint density at radius 2 is 1.53 bits per heavy atom. The summed E-state index contributed by atoms with van der Waals surface area (Å²) < 4.78 is 34.6. The summed E-state index contributed by atoms with van der Waals surface area (Å²) in [4.78, 5) is 0. The van der Waals surface area contributed by atoms with Gasteiger partial charge in [0.05, 0.1) is 6.61 Å². The van der Waals surface area contributed by atoms with Gasteiger partial charge in [-0.1, -0.05) is 65.2 Å². The maximum absolute atomic E-state index is 10.2. The van der Waals surface area contributed by atoms with E-state index in [-0.39, 0.29) is 36.2 Å². The van der Waals surface area contributed by atoms with Crippen molar-refractivity contribution in [2.24, 2.45) is 5.92 Å². The maximum Gasteiger partial charge on any atom is 1.00 e. The van der Waals surface area contributed by atoms with Crippen LogP contribution < -0.4 is 29.6 Å². The molecule has 0 aliphatic heterocycles. The van der Waals surface area contributed by atoms with Crippen molar-refractivity contribution in [1.29, 1.82) is 0 Å². The molecular formula is C13H27NaO4S. The molecule has 0 aromatic rings. The van der Waals surface area contributed by atoms with Crippen molar-refractivity contribution in [3.8, 4) is 0 Å². The molecule has 6 heteroatoms. The van der Waals surface area contributed by atoms with Gasteiger partial charge in [0, 0.05) is 0 Å². The van der Waals surface area contributed by atoms with Crippen LogP contribution >= 0.6 is 0 Å². The molecule has 19 heavy (non-hydrogen) atoms. The van der Waals surface area contributed by atoms with Crippen molar-refractivity contribution in [2.75, 3.05) is 6.61 Å². The van der Waals surface area contributed by atoms with E-state index in [0.29, 0.717) is 6.42 Å². The Kier molecular flexibility index (Phi) is 16.1. The molecule has 0 saturated heterocycles. The van der Waals surface area contributed by atoms with Gasteiger partial charge in [0.15, 0.2) is 0 Å². The Labute approximate surface area is 140 Å². The average molecular weight is 302 g/mol. The topological polar surface area (TPSA) is 66.4 Å². The van der Waals surface area contributed by atoms with Gasteiger partial charge in [0.1, 0.15) is 0 Å². The first-order valence-electron chi connectivity index (χ1n) is 7.06. The second kappa shape index (κ2) is 13.8. The van der Waals surface area contributed by atoms with Crippen molar-refractivity contribution in [2.45, 2.75) is 71.6 Å². The molecule has 0 fully saturated rings. The van der Waals surface area contributed by atoms with Crippen LogP contribution in [0.15, 0.2) is 0 Å². The van der Waals surface area contributed by atoms with Crippen LogP contribution in [-0.4, -0.2) is 19.6 Å². The van der Waals surface area contributed by atoms with Crippen molar-refractivity contribution in [3.05, 3.63) is 0 Å². The van der Waals surface area contributed by atoms with Gasteiger partial charge >= 0.3 is 29.6 Å². The summed E-state index contributed by atoms with van der Waals surface area (Å²) in [5, 5.41) is 0.